The Hall–Kier alpha value is -1.02. The second-order valence-corrected chi connectivity index (χ2v) is 8.65. The first-order chi connectivity index (χ1) is 13.2. The Balaban J connectivity index is 1.68. The summed E-state index contributed by atoms with van der Waals surface area (Å²) >= 11 is 0. The van der Waals surface area contributed by atoms with Gasteiger partial charge in [-0.1, -0.05) is 13.8 Å². The fourth-order valence-corrected chi connectivity index (χ4v) is 4.47. The Labute approximate surface area is 168 Å². The molecule has 0 bridgehead atoms. The molecule has 164 valence electrons. The van der Waals surface area contributed by atoms with Crippen LogP contribution in [0.4, 0.5) is 13.2 Å². The van der Waals surface area contributed by atoms with Crippen LogP contribution in [-0.2, 0) is 0 Å². The van der Waals surface area contributed by atoms with Crippen LogP contribution in [0.25, 0.3) is 0 Å². The number of hydrogen-bond donors (Lipinski definition) is 2. The van der Waals surface area contributed by atoms with E-state index in [2.05, 4.69) is 34.4 Å². The van der Waals surface area contributed by atoms with Crippen LogP contribution in [0, 0.1) is 11.8 Å². The average Bonchev–Trinajstić information content (AvgIpc) is 2.98. The Morgan fingerprint density at radius 3 is 2.43 bits per heavy atom. The summed E-state index contributed by atoms with van der Waals surface area (Å²) < 4.78 is 37.6. The maximum absolute atomic E-state index is 12.5. The minimum absolute atomic E-state index is 0.0245. The van der Waals surface area contributed by atoms with E-state index >= 15 is 0 Å². The topological polar surface area (TPSA) is 42.9 Å². The molecule has 2 saturated heterocycles. The van der Waals surface area contributed by atoms with Crippen molar-refractivity contribution in [1.29, 1.82) is 0 Å². The smallest absolute Gasteiger partial charge is 0.357 e. The highest BCUT2D eigenvalue weighted by molar-refractivity contribution is 5.80. The second-order valence-electron chi connectivity index (χ2n) is 8.65. The normalized spacial score (nSPS) is 27.9. The van der Waals surface area contributed by atoms with Gasteiger partial charge in [-0.05, 0) is 51.0 Å². The molecule has 0 aromatic carbocycles. The highest BCUT2D eigenvalue weighted by Crippen LogP contribution is 2.21. The first kappa shape index (κ1) is 23.3. The Kier molecular flexibility index (Phi) is 9.34. The van der Waals surface area contributed by atoms with Crippen molar-refractivity contribution >= 4 is 5.96 Å². The molecule has 0 radical (unpaired) electrons. The van der Waals surface area contributed by atoms with E-state index in [0.29, 0.717) is 19.5 Å². The van der Waals surface area contributed by atoms with Gasteiger partial charge in [-0.25, -0.2) is 0 Å². The van der Waals surface area contributed by atoms with Crippen LogP contribution in [-0.4, -0.2) is 80.3 Å². The van der Waals surface area contributed by atoms with Crippen LogP contribution in [0.5, 0.6) is 0 Å². The lowest BCUT2D eigenvalue weighted by Gasteiger charge is -2.34. The zero-order valence-electron chi connectivity index (χ0n) is 17.7. The van der Waals surface area contributed by atoms with E-state index in [1.165, 1.54) is 24.4 Å². The molecule has 3 atom stereocenters. The summed E-state index contributed by atoms with van der Waals surface area (Å²) in [6.45, 7) is 11.7. The largest absolute Gasteiger partial charge is 0.401 e. The van der Waals surface area contributed by atoms with Gasteiger partial charge in [-0.2, -0.15) is 13.2 Å². The molecule has 0 saturated carbocycles. The molecule has 0 amide bonds. The van der Waals surface area contributed by atoms with Crippen LogP contribution >= 0.6 is 0 Å². The first-order valence-corrected chi connectivity index (χ1v) is 10.8. The van der Waals surface area contributed by atoms with Crippen LogP contribution < -0.4 is 10.6 Å². The van der Waals surface area contributed by atoms with Crippen molar-refractivity contribution in [2.75, 3.05) is 52.4 Å². The van der Waals surface area contributed by atoms with E-state index in [-0.39, 0.29) is 6.04 Å². The highest BCUT2D eigenvalue weighted by Gasteiger charge is 2.34. The lowest BCUT2D eigenvalue weighted by molar-refractivity contribution is -0.143. The van der Waals surface area contributed by atoms with E-state index < -0.39 is 12.7 Å². The summed E-state index contributed by atoms with van der Waals surface area (Å²) in [7, 11) is 0. The summed E-state index contributed by atoms with van der Waals surface area (Å²) in [6, 6.07) is 0.0245. The van der Waals surface area contributed by atoms with Gasteiger partial charge in [0.25, 0.3) is 0 Å². The zero-order chi connectivity index (χ0) is 20.6. The minimum Gasteiger partial charge on any atom is -0.357 e. The number of nitrogens with zero attached hydrogens (tertiary/aromatic N) is 3. The number of hydrogen-bond acceptors (Lipinski definition) is 3. The third-order valence-corrected chi connectivity index (χ3v) is 5.46. The monoisotopic (exact) mass is 405 g/mol. The lowest BCUT2D eigenvalue weighted by Crippen LogP contribution is -2.45. The Morgan fingerprint density at radius 1 is 1.07 bits per heavy atom. The molecule has 8 heteroatoms. The first-order valence-electron chi connectivity index (χ1n) is 10.8. The molecule has 5 nitrogen and oxygen atoms in total. The quantitative estimate of drug-likeness (QED) is 0.370. The molecule has 2 N–H and O–H groups in total. The van der Waals surface area contributed by atoms with E-state index in [9.17, 15) is 13.2 Å². The molecule has 28 heavy (non-hydrogen) atoms. The predicted octanol–water partition coefficient (Wildman–Crippen LogP) is 2.94. The number of aliphatic imine (C=N–C) groups is 1. The molecule has 2 fully saturated rings. The second kappa shape index (κ2) is 11.2. The molecular weight excluding hydrogens is 367 g/mol. The van der Waals surface area contributed by atoms with Gasteiger partial charge in [-0.15, -0.1) is 0 Å². The molecule has 0 aromatic rings. The number of guanidine groups is 1. The van der Waals surface area contributed by atoms with Crippen molar-refractivity contribution in [2.45, 2.75) is 58.7 Å². The SMILES string of the molecule is CCNC(=NCCCCN1CC(C)CC(C)C1)NC1CCN(CC(F)(F)F)C1. The average molecular weight is 406 g/mol. The van der Waals surface area contributed by atoms with Gasteiger partial charge < -0.3 is 15.5 Å². The Morgan fingerprint density at radius 2 is 1.79 bits per heavy atom. The summed E-state index contributed by atoms with van der Waals surface area (Å²) in [5, 5.41) is 6.52. The van der Waals surface area contributed by atoms with Crippen LogP contribution in [0.2, 0.25) is 0 Å². The molecule has 0 aromatic heterocycles. The van der Waals surface area contributed by atoms with E-state index in [1.54, 1.807) is 0 Å². The summed E-state index contributed by atoms with van der Waals surface area (Å²) in [6.07, 6.45) is 0.0785. The van der Waals surface area contributed by atoms with Gasteiger partial charge >= 0.3 is 6.18 Å². The third-order valence-electron chi connectivity index (χ3n) is 5.46. The van der Waals surface area contributed by atoms with Gasteiger partial charge in [0.2, 0.25) is 0 Å². The van der Waals surface area contributed by atoms with E-state index in [1.807, 2.05) is 6.92 Å². The van der Waals surface area contributed by atoms with Crippen LogP contribution in [0.15, 0.2) is 4.99 Å². The van der Waals surface area contributed by atoms with Crippen LogP contribution in [0.3, 0.4) is 0 Å². The van der Waals surface area contributed by atoms with Crippen molar-refractivity contribution in [2.24, 2.45) is 16.8 Å². The third kappa shape index (κ3) is 8.99. The summed E-state index contributed by atoms with van der Waals surface area (Å²) in [4.78, 5) is 8.65. The van der Waals surface area contributed by atoms with E-state index in [0.717, 1.165) is 50.3 Å². The number of nitrogens with one attached hydrogen (secondary N) is 2. The summed E-state index contributed by atoms with van der Waals surface area (Å²) in [5.74, 6) is 2.30. The van der Waals surface area contributed by atoms with E-state index in [4.69, 9.17) is 0 Å². The van der Waals surface area contributed by atoms with Gasteiger partial charge in [0.05, 0.1) is 6.54 Å². The molecule has 2 heterocycles. The lowest BCUT2D eigenvalue weighted by atomic mass is 9.92. The predicted molar refractivity (Wildman–Crippen MR) is 109 cm³/mol. The molecule has 0 spiro atoms. The van der Waals surface area contributed by atoms with Gasteiger partial charge in [-0.3, -0.25) is 9.89 Å². The number of halogens is 3. The maximum Gasteiger partial charge on any atom is 0.401 e. The fourth-order valence-electron chi connectivity index (χ4n) is 4.47. The maximum atomic E-state index is 12.5. The number of likely N-dealkylation sites (tertiary alicyclic amines) is 2. The number of piperidine rings is 1. The molecule has 2 aliphatic rings. The Bertz CT molecular complexity index is 473. The molecule has 3 unspecified atom stereocenters. The van der Waals surface area contributed by atoms with Gasteiger partial charge in [0.1, 0.15) is 0 Å². The summed E-state index contributed by atoms with van der Waals surface area (Å²) in [5.41, 5.74) is 0. The standard InChI is InChI=1S/C20H38F3N5/c1-4-24-19(26-18-7-10-28(14-18)15-20(21,22)23)25-8-5-6-9-27-12-16(2)11-17(3)13-27/h16-18H,4-15H2,1-3H3,(H2,24,25,26). The van der Waals surface area contributed by atoms with Crippen molar-refractivity contribution < 1.29 is 13.2 Å². The number of rotatable bonds is 8. The van der Waals surface area contributed by atoms with Gasteiger partial charge in [0.15, 0.2) is 5.96 Å². The van der Waals surface area contributed by atoms with Crippen molar-refractivity contribution in [3.8, 4) is 0 Å². The highest BCUT2D eigenvalue weighted by atomic mass is 19.4. The molecular formula is C20H38F3N5. The van der Waals surface area contributed by atoms with Gasteiger partial charge in [0, 0.05) is 45.3 Å². The van der Waals surface area contributed by atoms with Crippen molar-refractivity contribution in [1.82, 2.24) is 20.4 Å². The van der Waals surface area contributed by atoms with Crippen molar-refractivity contribution in [3.63, 3.8) is 0 Å². The van der Waals surface area contributed by atoms with Crippen molar-refractivity contribution in [3.05, 3.63) is 0 Å². The van der Waals surface area contributed by atoms with Crippen LogP contribution in [0.1, 0.15) is 46.5 Å². The molecule has 0 aliphatic carbocycles. The number of unbranched alkanes of at least 4 members (excludes halogenated alkanes) is 1. The minimum atomic E-state index is -4.13. The zero-order valence-corrected chi connectivity index (χ0v) is 17.7. The molecule has 2 rings (SSSR count). The number of alkyl halides is 3. The molecule has 2 aliphatic heterocycles. The fraction of sp³-hybridized carbons (Fsp3) is 0.950.